The summed E-state index contributed by atoms with van der Waals surface area (Å²) in [6.45, 7) is 1.98. The summed E-state index contributed by atoms with van der Waals surface area (Å²) in [5.74, 6) is 1.26. The molecule has 2 fully saturated rings. The van der Waals surface area contributed by atoms with Gasteiger partial charge in [-0.1, -0.05) is 24.6 Å². The lowest BCUT2D eigenvalue weighted by molar-refractivity contribution is -0.0663. The van der Waals surface area contributed by atoms with E-state index >= 15 is 0 Å². The maximum atomic E-state index is 5.63. The molecule has 1 aliphatic heterocycles. The number of rotatable bonds is 3. The molecule has 0 radical (unpaired) electrons. The van der Waals surface area contributed by atoms with Crippen molar-refractivity contribution in [1.82, 2.24) is 5.32 Å². The van der Waals surface area contributed by atoms with Crippen molar-refractivity contribution in [1.29, 1.82) is 0 Å². The summed E-state index contributed by atoms with van der Waals surface area (Å²) in [6.07, 6.45) is 9.28. The third-order valence-electron chi connectivity index (χ3n) is 5.00. The van der Waals surface area contributed by atoms with Crippen LogP contribution in [0, 0.1) is 5.41 Å². The lowest BCUT2D eigenvalue weighted by Gasteiger charge is -2.41. The van der Waals surface area contributed by atoms with Gasteiger partial charge in [-0.2, -0.15) is 0 Å². The Hall–Kier alpha value is -0.220. The Bertz CT molecular complexity index is 327. The van der Waals surface area contributed by atoms with Crippen LogP contribution >= 0.6 is 11.8 Å². The van der Waals surface area contributed by atoms with Gasteiger partial charge in [-0.25, -0.2) is 0 Å². The molecule has 1 N–H and O–H groups in total. The standard InChI is InChI=1S/C14H24N2OS/c1-17-14(7-4-8-14)10-16-12-15-9-13(11-18-12)5-2-3-6-13/h2-11H2,1H3,(H,15,16). The van der Waals surface area contributed by atoms with Crippen molar-refractivity contribution >= 4 is 16.9 Å². The summed E-state index contributed by atoms with van der Waals surface area (Å²) in [7, 11) is 1.84. The van der Waals surface area contributed by atoms with Gasteiger partial charge in [0.1, 0.15) is 0 Å². The van der Waals surface area contributed by atoms with Crippen molar-refractivity contribution in [2.24, 2.45) is 10.4 Å². The van der Waals surface area contributed by atoms with Crippen molar-refractivity contribution in [3.8, 4) is 0 Å². The largest absolute Gasteiger partial charge is 0.376 e. The van der Waals surface area contributed by atoms with Gasteiger partial charge < -0.3 is 10.1 Å². The minimum Gasteiger partial charge on any atom is -0.376 e. The second-order valence-corrected chi connectivity index (χ2v) is 7.18. The number of amidine groups is 1. The van der Waals surface area contributed by atoms with Gasteiger partial charge in [-0.3, -0.25) is 4.99 Å². The highest BCUT2D eigenvalue weighted by atomic mass is 32.2. The molecule has 1 spiro atoms. The molecule has 3 rings (SSSR count). The van der Waals surface area contributed by atoms with Crippen molar-refractivity contribution in [3.63, 3.8) is 0 Å². The van der Waals surface area contributed by atoms with E-state index in [-0.39, 0.29) is 5.60 Å². The molecule has 0 bridgehead atoms. The molecule has 1 heterocycles. The number of methoxy groups -OCH3 is 1. The van der Waals surface area contributed by atoms with Gasteiger partial charge in [0.05, 0.1) is 5.60 Å². The average Bonchev–Trinajstić information content (AvgIpc) is 2.80. The maximum Gasteiger partial charge on any atom is 0.156 e. The monoisotopic (exact) mass is 268 g/mol. The van der Waals surface area contributed by atoms with Gasteiger partial charge >= 0.3 is 0 Å². The van der Waals surface area contributed by atoms with Gasteiger partial charge in [0.25, 0.3) is 0 Å². The molecular formula is C14H24N2OS. The Kier molecular flexibility index (Phi) is 3.59. The molecule has 0 aromatic carbocycles. The fourth-order valence-corrected chi connectivity index (χ4v) is 4.50. The smallest absolute Gasteiger partial charge is 0.156 e. The molecule has 102 valence electrons. The third-order valence-corrected chi connectivity index (χ3v) is 6.30. The van der Waals surface area contributed by atoms with Crippen LogP contribution in [0.3, 0.4) is 0 Å². The van der Waals surface area contributed by atoms with Crippen molar-refractivity contribution in [2.75, 3.05) is 26.0 Å². The number of aliphatic imine (C=N–C) groups is 1. The van der Waals surface area contributed by atoms with Crippen LogP contribution in [-0.2, 0) is 4.74 Å². The zero-order valence-electron chi connectivity index (χ0n) is 11.3. The van der Waals surface area contributed by atoms with Gasteiger partial charge in [0.15, 0.2) is 5.17 Å². The highest BCUT2D eigenvalue weighted by Gasteiger charge is 2.39. The molecule has 0 aromatic rings. The number of ether oxygens (including phenoxy) is 1. The van der Waals surface area contributed by atoms with Crippen LogP contribution in [-0.4, -0.2) is 36.7 Å². The molecule has 2 aliphatic carbocycles. The number of thioether (sulfide) groups is 1. The summed E-state index contributed by atoms with van der Waals surface area (Å²) >= 11 is 1.93. The van der Waals surface area contributed by atoms with E-state index in [0.29, 0.717) is 5.41 Å². The predicted octanol–water partition coefficient (Wildman–Crippen LogP) is 2.81. The van der Waals surface area contributed by atoms with Crippen LogP contribution in [0.5, 0.6) is 0 Å². The Morgan fingerprint density at radius 1 is 1.22 bits per heavy atom. The maximum absolute atomic E-state index is 5.63. The zero-order chi connectivity index (χ0) is 12.5. The van der Waals surface area contributed by atoms with Crippen LogP contribution in [0.25, 0.3) is 0 Å². The van der Waals surface area contributed by atoms with Gasteiger partial charge in [0, 0.05) is 26.0 Å². The van der Waals surface area contributed by atoms with E-state index in [2.05, 4.69) is 5.32 Å². The van der Waals surface area contributed by atoms with Crippen LogP contribution in [0.2, 0.25) is 0 Å². The highest BCUT2D eigenvalue weighted by molar-refractivity contribution is 8.13. The first kappa shape index (κ1) is 12.8. The summed E-state index contributed by atoms with van der Waals surface area (Å²) in [5, 5.41) is 4.66. The van der Waals surface area contributed by atoms with E-state index < -0.39 is 0 Å². The second kappa shape index (κ2) is 5.04. The predicted molar refractivity (Wildman–Crippen MR) is 77.3 cm³/mol. The fraction of sp³-hybridized carbons (Fsp3) is 0.929. The van der Waals surface area contributed by atoms with E-state index in [1.165, 1.54) is 50.7 Å². The average molecular weight is 268 g/mol. The van der Waals surface area contributed by atoms with E-state index in [1.807, 2.05) is 18.9 Å². The molecular weight excluding hydrogens is 244 g/mol. The van der Waals surface area contributed by atoms with Crippen molar-refractivity contribution in [2.45, 2.75) is 50.5 Å². The van der Waals surface area contributed by atoms with Crippen LogP contribution in [0.4, 0.5) is 0 Å². The fourth-order valence-electron chi connectivity index (χ4n) is 3.35. The van der Waals surface area contributed by atoms with E-state index in [4.69, 9.17) is 9.73 Å². The lowest BCUT2D eigenvalue weighted by atomic mass is 9.80. The molecule has 18 heavy (non-hydrogen) atoms. The normalized spacial score (nSPS) is 28.8. The highest BCUT2D eigenvalue weighted by Crippen LogP contribution is 2.43. The van der Waals surface area contributed by atoms with E-state index in [9.17, 15) is 0 Å². The molecule has 0 aromatic heterocycles. The van der Waals surface area contributed by atoms with Gasteiger partial charge in [-0.05, 0) is 37.5 Å². The van der Waals surface area contributed by atoms with Gasteiger partial charge in [-0.15, -0.1) is 0 Å². The zero-order valence-corrected chi connectivity index (χ0v) is 12.2. The van der Waals surface area contributed by atoms with Crippen molar-refractivity contribution in [3.05, 3.63) is 0 Å². The molecule has 4 heteroatoms. The summed E-state index contributed by atoms with van der Waals surface area (Å²) in [5.41, 5.74) is 0.650. The SMILES string of the molecule is COC1(CNC2=NCC3(CCCC3)CS2)CCC1. The van der Waals surface area contributed by atoms with Crippen LogP contribution in [0.1, 0.15) is 44.9 Å². The Labute approximate surface area is 114 Å². The number of nitrogens with one attached hydrogen (secondary N) is 1. The van der Waals surface area contributed by atoms with Crippen molar-refractivity contribution < 1.29 is 4.74 Å². The molecule has 0 atom stereocenters. The summed E-state index contributed by atoms with van der Waals surface area (Å²) in [6, 6.07) is 0. The molecule has 0 amide bonds. The summed E-state index contributed by atoms with van der Waals surface area (Å²) in [4.78, 5) is 4.77. The van der Waals surface area contributed by atoms with Crippen LogP contribution in [0.15, 0.2) is 4.99 Å². The molecule has 3 nitrogen and oxygen atoms in total. The Morgan fingerprint density at radius 3 is 2.50 bits per heavy atom. The molecule has 0 saturated heterocycles. The minimum absolute atomic E-state index is 0.103. The molecule has 0 unspecified atom stereocenters. The minimum atomic E-state index is 0.103. The lowest BCUT2D eigenvalue weighted by Crippen LogP contribution is -2.49. The van der Waals surface area contributed by atoms with E-state index in [0.717, 1.165) is 18.3 Å². The first-order valence-corrected chi connectivity index (χ1v) is 8.21. The Morgan fingerprint density at radius 2 is 2.00 bits per heavy atom. The first-order chi connectivity index (χ1) is 8.76. The van der Waals surface area contributed by atoms with Gasteiger partial charge in [0.2, 0.25) is 0 Å². The van der Waals surface area contributed by atoms with Crippen LogP contribution < -0.4 is 5.32 Å². The third kappa shape index (κ3) is 2.42. The second-order valence-electron chi connectivity index (χ2n) is 6.21. The number of hydrogen-bond donors (Lipinski definition) is 1. The topological polar surface area (TPSA) is 33.6 Å². The number of hydrogen-bond acceptors (Lipinski definition) is 4. The first-order valence-electron chi connectivity index (χ1n) is 7.22. The summed E-state index contributed by atoms with van der Waals surface area (Å²) < 4.78 is 5.63. The quantitative estimate of drug-likeness (QED) is 0.854. The van der Waals surface area contributed by atoms with E-state index in [1.54, 1.807) is 0 Å². The molecule has 3 aliphatic rings. The molecule has 2 saturated carbocycles. The Balaban J connectivity index is 1.51. The number of nitrogens with zero attached hydrogens (tertiary/aromatic N) is 1.